The monoisotopic (exact) mass is 431 g/mol. The largest absolute Gasteiger partial charge is 0.422 e. The van der Waals surface area contributed by atoms with Crippen LogP contribution < -0.4 is 10.5 Å². The molecular weight excluding hydrogens is 421 g/mol. The molecule has 158 valence electrons. The van der Waals surface area contributed by atoms with Gasteiger partial charge in [-0.25, -0.2) is 4.79 Å². The van der Waals surface area contributed by atoms with Gasteiger partial charge < -0.3 is 10.5 Å². The van der Waals surface area contributed by atoms with Gasteiger partial charge in [-0.2, -0.15) is 39.5 Å². The van der Waals surface area contributed by atoms with Crippen LogP contribution in [0.3, 0.4) is 0 Å². The minimum absolute atomic E-state index is 0.173. The normalized spacial score (nSPS) is 12.9. The quantitative estimate of drug-likeness (QED) is 0.293. The lowest BCUT2D eigenvalue weighted by atomic mass is 9.95. The molecule has 2 aromatic rings. The maximum Gasteiger partial charge on any atom is 0.419 e. The molecular formula is C17H10F9NO2. The molecule has 2 aromatic carbocycles. The van der Waals surface area contributed by atoms with Gasteiger partial charge in [-0.05, 0) is 42.0 Å². The third kappa shape index (κ3) is 5.33. The molecule has 0 radical (unpaired) electrons. The summed E-state index contributed by atoms with van der Waals surface area (Å²) in [5, 5.41) is 0. The maximum absolute atomic E-state index is 13.2. The highest BCUT2D eigenvalue weighted by atomic mass is 19.4. The van der Waals surface area contributed by atoms with E-state index in [9.17, 15) is 44.3 Å². The highest BCUT2D eigenvalue weighted by molar-refractivity contribution is 5.91. The van der Waals surface area contributed by atoms with Gasteiger partial charge in [0.2, 0.25) is 0 Å². The number of anilines is 1. The molecule has 0 amide bonds. The third-order valence-electron chi connectivity index (χ3n) is 3.65. The molecule has 0 aromatic heterocycles. The van der Waals surface area contributed by atoms with Crippen LogP contribution in [0.5, 0.6) is 5.75 Å². The van der Waals surface area contributed by atoms with Crippen molar-refractivity contribution in [3.05, 3.63) is 59.2 Å². The molecule has 0 saturated heterocycles. The number of nitrogen functional groups attached to an aromatic ring is 1. The number of alkyl halides is 9. The van der Waals surface area contributed by atoms with Crippen molar-refractivity contribution in [2.75, 3.05) is 5.73 Å². The van der Waals surface area contributed by atoms with Gasteiger partial charge in [-0.1, -0.05) is 6.07 Å². The van der Waals surface area contributed by atoms with E-state index < -0.39 is 47.3 Å². The van der Waals surface area contributed by atoms with Gasteiger partial charge in [-0.15, -0.1) is 0 Å². The zero-order valence-corrected chi connectivity index (χ0v) is 13.9. The van der Waals surface area contributed by atoms with E-state index in [0.717, 1.165) is 12.1 Å². The number of halogens is 9. The van der Waals surface area contributed by atoms with E-state index in [0.29, 0.717) is 0 Å². The SMILES string of the molecule is Nc1ccc(C(=O)Oc2ccc(C(C(F)(F)F)C(F)(F)F)cc2C(F)(F)F)cc1. The summed E-state index contributed by atoms with van der Waals surface area (Å²) in [6.45, 7) is 0. The standard InChI is InChI=1S/C17H10F9NO2/c18-15(19,20)11-7-9(13(16(21,22)23)17(24,25)26)3-6-12(11)29-14(28)8-1-4-10(27)5-2-8/h1-7,13H,27H2. The summed E-state index contributed by atoms with van der Waals surface area (Å²) >= 11 is 0. The molecule has 29 heavy (non-hydrogen) atoms. The van der Waals surface area contributed by atoms with Crippen LogP contribution >= 0.6 is 0 Å². The number of nitrogens with two attached hydrogens (primary N) is 1. The molecule has 2 rings (SSSR count). The van der Waals surface area contributed by atoms with E-state index in [1.807, 2.05) is 0 Å². The lowest BCUT2D eigenvalue weighted by molar-refractivity contribution is -0.253. The highest BCUT2D eigenvalue weighted by Crippen LogP contribution is 2.48. The van der Waals surface area contributed by atoms with Gasteiger partial charge in [0.1, 0.15) is 5.75 Å². The second kappa shape index (κ2) is 7.48. The number of benzene rings is 2. The van der Waals surface area contributed by atoms with Crippen LogP contribution in [-0.4, -0.2) is 18.3 Å². The molecule has 0 spiro atoms. The molecule has 0 saturated carbocycles. The molecule has 0 aliphatic rings. The van der Waals surface area contributed by atoms with Crippen LogP contribution in [0, 0.1) is 0 Å². The van der Waals surface area contributed by atoms with Crippen LogP contribution in [0.2, 0.25) is 0 Å². The number of esters is 1. The first-order chi connectivity index (χ1) is 13.1. The first-order valence-electron chi connectivity index (χ1n) is 7.53. The summed E-state index contributed by atoms with van der Waals surface area (Å²) in [5.41, 5.74) is 1.73. The summed E-state index contributed by atoms with van der Waals surface area (Å²) in [7, 11) is 0. The maximum atomic E-state index is 13.2. The molecule has 0 unspecified atom stereocenters. The third-order valence-corrected chi connectivity index (χ3v) is 3.65. The van der Waals surface area contributed by atoms with Crippen molar-refractivity contribution in [3.8, 4) is 5.75 Å². The predicted molar refractivity (Wildman–Crippen MR) is 82.1 cm³/mol. The molecule has 3 nitrogen and oxygen atoms in total. The number of rotatable bonds is 3. The van der Waals surface area contributed by atoms with Crippen LogP contribution in [0.15, 0.2) is 42.5 Å². The van der Waals surface area contributed by atoms with Crippen molar-refractivity contribution in [1.29, 1.82) is 0 Å². The first kappa shape index (κ1) is 22.4. The lowest BCUT2D eigenvalue weighted by Gasteiger charge is -2.24. The summed E-state index contributed by atoms with van der Waals surface area (Å²) in [6.07, 6.45) is -17.2. The van der Waals surface area contributed by atoms with Gasteiger partial charge in [-0.3, -0.25) is 0 Å². The Morgan fingerprint density at radius 2 is 1.34 bits per heavy atom. The highest BCUT2D eigenvalue weighted by Gasteiger charge is 2.57. The van der Waals surface area contributed by atoms with E-state index >= 15 is 0 Å². The van der Waals surface area contributed by atoms with E-state index in [-0.39, 0.29) is 29.4 Å². The Labute approximate surface area is 156 Å². The van der Waals surface area contributed by atoms with E-state index in [2.05, 4.69) is 4.74 Å². The van der Waals surface area contributed by atoms with Gasteiger partial charge >= 0.3 is 24.5 Å². The Balaban J connectivity index is 2.50. The Bertz CT molecular complexity index is 870. The zero-order valence-electron chi connectivity index (χ0n) is 13.9. The fourth-order valence-corrected chi connectivity index (χ4v) is 2.38. The van der Waals surface area contributed by atoms with E-state index in [1.54, 1.807) is 0 Å². The first-order valence-corrected chi connectivity index (χ1v) is 7.53. The van der Waals surface area contributed by atoms with E-state index in [4.69, 9.17) is 5.73 Å². The molecule has 0 aliphatic carbocycles. The van der Waals surface area contributed by atoms with Crippen LogP contribution in [0.25, 0.3) is 0 Å². The predicted octanol–water partition coefficient (Wildman–Crippen LogP) is 5.72. The van der Waals surface area contributed by atoms with Crippen molar-refractivity contribution in [2.45, 2.75) is 24.4 Å². The average molecular weight is 431 g/mol. The van der Waals surface area contributed by atoms with Crippen molar-refractivity contribution >= 4 is 11.7 Å². The van der Waals surface area contributed by atoms with Crippen molar-refractivity contribution in [3.63, 3.8) is 0 Å². The Morgan fingerprint density at radius 3 is 1.79 bits per heavy atom. The minimum Gasteiger partial charge on any atom is -0.422 e. The number of hydrogen-bond acceptors (Lipinski definition) is 3. The molecule has 12 heteroatoms. The van der Waals surface area contributed by atoms with Gasteiger partial charge in [0.15, 0.2) is 5.92 Å². The summed E-state index contributed by atoms with van der Waals surface area (Å²) in [6, 6.07) is 4.77. The average Bonchev–Trinajstić information content (AvgIpc) is 2.53. The smallest absolute Gasteiger partial charge is 0.419 e. The Kier molecular flexibility index (Phi) is 5.77. The summed E-state index contributed by atoms with van der Waals surface area (Å²) < 4.78 is 121. The number of carbonyl (C=O) groups is 1. The number of carbonyl (C=O) groups excluding carboxylic acids is 1. The molecule has 0 atom stereocenters. The fraction of sp³-hybridized carbons (Fsp3) is 0.235. The second-order valence-electron chi connectivity index (χ2n) is 5.78. The molecule has 0 fully saturated rings. The number of ether oxygens (including phenoxy) is 1. The van der Waals surface area contributed by atoms with E-state index in [1.165, 1.54) is 12.1 Å². The van der Waals surface area contributed by atoms with Crippen molar-refractivity contribution in [2.24, 2.45) is 0 Å². The number of hydrogen-bond donors (Lipinski definition) is 1. The second-order valence-corrected chi connectivity index (χ2v) is 5.78. The minimum atomic E-state index is -5.89. The van der Waals surface area contributed by atoms with Gasteiger partial charge in [0.25, 0.3) is 0 Å². The van der Waals surface area contributed by atoms with Gasteiger partial charge in [0.05, 0.1) is 11.1 Å². The Hall–Kier alpha value is -2.92. The van der Waals surface area contributed by atoms with Gasteiger partial charge in [0, 0.05) is 5.69 Å². The van der Waals surface area contributed by atoms with Crippen molar-refractivity contribution < 1.29 is 49.0 Å². The lowest BCUT2D eigenvalue weighted by Crippen LogP contribution is -2.34. The molecule has 2 N–H and O–H groups in total. The van der Waals surface area contributed by atoms with Crippen molar-refractivity contribution in [1.82, 2.24) is 0 Å². The molecule has 0 bridgehead atoms. The zero-order chi connectivity index (χ0) is 22.2. The summed E-state index contributed by atoms with van der Waals surface area (Å²) in [5.74, 6) is -6.70. The Morgan fingerprint density at radius 1 is 0.828 bits per heavy atom. The molecule has 0 heterocycles. The molecule has 0 aliphatic heterocycles. The topological polar surface area (TPSA) is 52.3 Å². The fourth-order valence-electron chi connectivity index (χ4n) is 2.38. The summed E-state index contributed by atoms with van der Waals surface area (Å²) in [4.78, 5) is 12.0. The van der Waals surface area contributed by atoms with Crippen LogP contribution in [0.4, 0.5) is 45.2 Å². The van der Waals surface area contributed by atoms with Crippen LogP contribution in [-0.2, 0) is 6.18 Å². The van der Waals surface area contributed by atoms with Crippen LogP contribution in [0.1, 0.15) is 27.4 Å².